The maximum atomic E-state index is 13.0. The Morgan fingerprint density at radius 3 is 2.09 bits per heavy atom. The number of rotatable bonds is 5. The number of benzene rings is 2. The molecule has 1 N–H and O–H groups in total. The van der Waals surface area contributed by atoms with Gasteiger partial charge in [0.25, 0.3) is 11.8 Å². The van der Waals surface area contributed by atoms with Crippen LogP contribution in [0.1, 0.15) is 64.0 Å². The first kappa shape index (κ1) is 21.4. The number of phenolic OH excluding ortho intramolecular Hbond substituents is 1. The van der Waals surface area contributed by atoms with Crippen molar-refractivity contribution < 1.29 is 14.7 Å². The van der Waals surface area contributed by atoms with Gasteiger partial charge in [-0.05, 0) is 67.3 Å². The van der Waals surface area contributed by atoms with Crippen LogP contribution in [-0.2, 0) is 21.5 Å². The highest BCUT2D eigenvalue weighted by Gasteiger charge is 2.39. The van der Waals surface area contributed by atoms with Crippen molar-refractivity contribution in [3.63, 3.8) is 0 Å². The molecule has 2 heterocycles. The van der Waals surface area contributed by atoms with Crippen molar-refractivity contribution in [1.82, 2.24) is 19.9 Å². The number of hydrogen-bond acceptors (Lipinski definition) is 5. The molecule has 0 saturated heterocycles. The van der Waals surface area contributed by atoms with E-state index >= 15 is 0 Å². The molecule has 0 unspecified atom stereocenters. The summed E-state index contributed by atoms with van der Waals surface area (Å²) in [6.07, 6.45) is 4.04. The summed E-state index contributed by atoms with van der Waals surface area (Å²) in [6.45, 7) is 6.40. The van der Waals surface area contributed by atoms with Crippen LogP contribution in [0.25, 0.3) is 16.7 Å². The summed E-state index contributed by atoms with van der Waals surface area (Å²) in [6, 6.07) is 11.3. The van der Waals surface area contributed by atoms with E-state index in [9.17, 15) is 14.7 Å². The molecule has 2 aromatic carbocycles. The molecule has 0 bridgehead atoms. The molecule has 0 saturated carbocycles. The van der Waals surface area contributed by atoms with Gasteiger partial charge in [0.2, 0.25) is 0 Å². The van der Waals surface area contributed by atoms with E-state index < -0.39 is 0 Å². The third-order valence-electron chi connectivity index (χ3n) is 7.14. The Morgan fingerprint density at radius 1 is 0.970 bits per heavy atom. The van der Waals surface area contributed by atoms with E-state index in [-0.39, 0.29) is 29.5 Å². The molecule has 7 heteroatoms. The van der Waals surface area contributed by atoms with E-state index in [0.29, 0.717) is 35.2 Å². The average molecular weight is 445 g/mol. The van der Waals surface area contributed by atoms with Crippen molar-refractivity contribution >= 4 is 22.8 Å². The van der Waals surface area contributed by atoms with Crippen LogP contribution >= 0.6 is 0 Å². The normalized spacial score (nSPS) is 16.8. The minimum Gasteiger partial charge on any atom is -0.505 e. The summed E-state index contributed by atoms with van der Waals surface area (Å²) in [4.78, 5) is 28.7. The maximum absolute atomic E-state index is 13.0. The van der Waals surface area contributed by atoms with Gasteiger partial charge in [-0.1, -0.05) is 32.9 Å². The molecule has 0 radical (unpaired) electrons. The fourth-order valence-corrected chi connectivity index (χ4v) is 4.62. The van der Waals surface area contributed by atoms with Crippen molar-refractivity contribution in [3.8, 4) is 11.4 Å². The summed E-state index contributed by atoms with van der Waals surface area (Å²) in [7, 11) is 0. The van der Waals surface area contributed by atoms with Gasteiger partial charge in [-0.15, -0.1) is 15.0 Å². The van der Waals surface area contributed by atoms with Gasteiger partial charge < -0.3 is 5.11 Å². The molecule has 0 atom stereocenters. The molecule has 0 fully saturated rings. The van der Waals surface area contributed by atoms with Crippen molar-refractivity contribution in [2.24, 2.45) is 0 Å². The number of aromatic hydroxyl groups is 1. The van der Waals surface area contributed by atoms with Crippen LogP contribution in [-0.4, -0.2) is 36.8 Å². The second-order valence-corrected chi connectivity index (χ2v) is 9.58. The van der Waals surface area contributed by atoms with Crippen molar-refractivity contribution in [1.29, 1.82) is 0 Å². The third kappa shape index (κ3) is 3.52. The fourth-order valence-electron chi connectivity index (χ4n) is 4.62. The van der Waals surface area contributed by atoms with Crippen LogP contribution in [0, 0.1) is 0 Å². The summed E-state index contributed by atoms with van der Waals surface area (Å²) in [5.41, 5.74) is 4.52. The zero-order valence-corrected chi connectivity index (χ0v) is 19.3. The Morgan fingerprint density at radius 2 is 1.55 bits per heavy atom. The molecule has 5 rings (SSSR count). The first-order valence-electron chi connectivity index (χ1n) is 11.6. The van der Waals surface area contributed by atoms with Crippen LogP contribution < -0.4 is 0 Å². The maximum Gasteiger partial charge on any atom is 0.257 e. The second kappa shape index (κ2) is 7.83. The minimum atomic E-state index is -0.223. The first-order chi connectivity index (χ1) is 15.8. The van der Waals surface area contributed by atoms with Crippen molar-refractivity contribution in [2.75, 3.05) is 0 Å². The fraction of sp³-hybridized carbons (Fsp3) is 0.385. The van der Waals surface area contributed by atoms with Crippen molar-refractivity contribution in [3.05, 3.63) is 58.7 Å². The topological polar surface area (TPSA) is 88.3 Å². The number of imide groups is 1. The molecule has 170 valence electrons. The van der Waals surface area contributed by atoms with E-state index in [1.54, 1.807) is 0 Å². The van der Waals surface area contributed by atoms with E-state index in [1.807, 2.05) is 36.4 Å². The Labute approximate surface area is 192 Å². The predicted molar refractivity (Wildman–Crippen MR) is 125 cm³/mol. The monoisotopic (exact) mass is 444 g/mol. The quantitative estimate of drug-likeness (QED) is 0.583. The standard InChI is InChI=1S/C26H28N4O3/c1-4-26(2,3)17-13-16(15-29-24(32)18-9-5-6-10-19(18)25(29)33)23(31)22(14-17)30-27-20-11-7-8-12-21(20)28-30/h7-8,11-14,31H,4-6,9-10,15H2,1-3H3. The number of carbonyl (C=O) groups excluding carboxylic acids is 2. The van der Waals surface area contributed by atoms with Gasteiger partial charge in [0.1, 0.15) is 22.5 Å². The van der Waals surface area contributed by atoms with E-state index in [1.165, 1.54) is 9.70 Å². The van der Waals surface area contributed by atoms with Gasteiger partial charge >= 0.3 is 0 Å². The number of hydrogen-bond donors (Lipinski definition) is 1. The summed E-state index contributed by atoms with van der Waals surface area (Å²) >= 11 is 0. The number of phenols is 1. The number of carbonyl (C=O) groups is 2. The summed E-state index contributed by atoms with van der Waals surface area (Å²) < 4.78 is 0. The number of fused-ring (bicyclic) bond motifs is 1. The van der Waals surface area contributed by atoms with Crippen LogP contribution in [0.2, 0.25) is 0 Å². The average Bonchev–Trinajstić information content (AvgIpc) is 3.35. The SMILES string of the molecule is CCC(C)(C)c1cc(CN2C(=O)C3=C(CCCC3)C2=O)c(O)c(-n2nc3ccccc3n2)c1. The minimum absolute atomic E-state index is 0.0172. The molecule has 2 aliphatic rings. The Hall–Kier alpha value is -3.48. The lowest BCUT2D eigenvalue weighted by atomic mass is 9.81. The largest absolute Gasteiger partial charge is 0.505 e. The molecule has 3 aromatic rings. The number of nitrogens with zero attached hydrogens (tertiary/aromatic N) is 4. The molecule has 33 heavy (non-hydrogen) atoms. The van der Waals surface area contributed by atoms with Crippen molar-refractivity contribution in [2.45, 2.75) is 64.8 Å². The molecule has 1 aliphatic carbocycles. The highest BCUT2D eigenvalue weighted by molar-refractivity contribution is 6.19. The highest BCUT2D eigenvalue weighted by atomic mass is 16.3. The first-order valence-corrected chi connectivity index (χ1v) is 11.6. The van der Waals surface area contributed by atoms with Gasteiger partial charge in [0.15, 0.2) is 0 Å². The van der Waals surface area contributed by atoms with Crippen LogP contribution in [0.4, 0.5) is 0 Å². The van der Waals surface area contributed by atoms with Gasteiger partial charge in [-0.25, -0.2) is 0 Å². The van der Waals surface area contributed by atoms with Crippen LogP contribution in [0.15, 0.2) is 47.5 Å². The lowest BCUT2D eigenvalue weighted by Gasteiger charge is -2.26. The second-order valence-electron chi connectivity index (χ2n) is 9.58. The van der Waals surface area contributed by atoms with Crippen LogP contribution in [0.3, 0.4) is 0 Å². The van der Waals surface area contributed by atoms with Gasteiger partial charge in [0.05, 0.1) is 6.54 Å². The van der Waals surface area contributed by atoms with E-state index in [0.717, 1.165) is 35.9 Å². The molecule has 1 aromatic heterocycles. The number of amides is 2. The van der Waals surface area contributed by atoms with E-state index in [4.69, 9.17) is 0 Å². The highest BCUT2D eigenvalue weighted by Crippen LogP contribution is 2.38. The Bertz CT molecular complexity index is 1260. The van der Waals surface area contributed by atoms with E-state index in [2.05, 4.69) is 31.0 Å². The zero-order chi connectivity index (χ0) is 23.3. The number of aromatic nitrogens is 3. The molecular formula is C26H28N4O3. The third-order valence-corrected chi connectivity index (χ3v) is 7.14. The Kier molecular flexibility index (Phi) is 5.07. The lowest BCUT2D eigenvalue weighted by molar-refractivity contribution is -0.138. The van der Waals surface area contributed by atoms with Gasteiger partial charge in [-0.3, -0.25) is 14.5 Å². The molecule has 7 nitrogen and oxygen atoms in total. The van der Waals surface area contributed by atoms with Gasteiger partial charge in [0, 0.05) is 16.7 Å². The molecule has 1 aliphatic heterocycles. The lowest BCUT2D eigenvalue weighted by Crippen LogP contribution is -2.31. The molecule has 0 spiro atoms. The molecule has 2 amide bonds. The zero-order valence-electron chi connectivity index (χ0n) is 19.3. The summed E-state index contributed by atoms with van der Waals surface area (Å²) in [5.74, 6) is -0.464. The Balaban J connectivity index is 1.60. The van der Waals surface area contributed by atoms with Gasteiger partial charge in [-0.2, -0.15) is 0 Å². The van der Waals surface area contributed by atoms with Crippen LogP contribution in [0.5, 0.6) is 5.75 Å². The molecular weight excluding hydrogens is 416 g/mol. The smallest absolute Gasteiger partial charge is 0.257 e. The predicted octanol–water partition coefficient (Wildman–Crippen LogP) is 4.55. The summed E-state index contributed by atoms with van der Waals surface area (Å²) in [5, 5.41) is 20.3.